The lowest BCUT2D eigenvalue weighted by molar-refractivity contribution is -0.114. The highest BCUT2D eigenvalue weighted by Crippen LogP contribution is 2.35. The molecule has 33 heavy (non-hydrogen) atoms. The fourth-order valence-corrected chi connectivity index (χ4v) is 4.37. The summed E-state index contributed by atoms with van der Waals surface area (Å²) in [4.78, 5) is 24.0. The van der Waals surface area contributed by atoms with E-state index in [2.05, 4.69) is 34.1 Å². The van der Waals surface area contributed by atoms with Crippen molar-refractivity contribution in [1.29, 1.82) is 0 Å². The number of amides is 2. The molecule has 2 amide bonds. The van der Waals surface area contributed by atoms with Gasteiger partial charge in [0, 0.05) is 28.9 Å². The number of carbonyl (C=O) groups is 2. The van der Waals surface area contributed by atoms with Crippen LogP contribution < -0.4 is 11.1 Å². The minimum absolute atomic E-state index is 0.125. The average Bonchev–Trinajstić information content (AvgIpc) is 3.13. The van der Waals surface area contributed by atoms with E-state index in [9.17, 15) is 9.59 Å². The van der Waals surface area contributed by atoms with Crippen molar-refractivity contribution in [3.63, 3.8) is 0 Å². The van der Waals surface area contributed by atoms with Gasteiger partial charge in [0.1, 0.15) is 0 Å². The quantitative estimate of drug-likeness (QED) is 0.392. The molecule has 1 heterocycles. The Hall–Kier alpha value is -4.38. The summed E-state index contributed by atoms with van der Waals surface area (Å²) in [6.45, 7) is 2.00. The number of anilines is 1. The zero-order chi connectivity index (χ0) is 22.9. The van der Waals surface area contributed by atoms with E-state index in [0.717, 1.165) is 44.2 Å². The lowest BCUT2D eigenvalue weighted by Crippen LogP contribution is -2.11. The Morgan fingerprint density at radius 3 is 2.42 bits per heavy atom. The maximum atomic E-state index is 12.2. The molecule has 3 N–H and O–H groups in total. The van der Waals surface area contributed by atoms with Gasteiger partial charge >= 0.3 is 0 Å². The molecule has 0 fully saturated rings. The molecule has 1 radical (unpaired) electrons. The molecule has 0 unspecified atom stereocenters. The smallest absolute Gasteiger partial charge is 0.249 e. The molecule has 0 spiro atoms. The van der Waals surface area contributed by atoms with Crippen LogP contribution in [0.4, 0.5) is 5.69 Å². The van der Waals surface area contributed by atoms with Gasteiger partial charge in [-0.2, -0.15) is 0 Å². The first kappa shape index (κ1) is 20.5. The Morgan fingerprint density at radius 2 is 1.67 bits per heavy atom. The molecule has 5 heteroatoms. The molecule has 0 saturated carbocycles. The zero-order valence-corrected chi connectivity index (χ0v) is 18.1. The van der Waals surface area contributed by atoms with E-state index in [-0.39, 0.29) is 5.91 Å². The van der Waals surface area contributed by atoms with Crippen LogP contribution in [0.15, 0.2) is 84.9 Å². The first-order valence-corrected chi connectivity index (χ1v) is 10.7. The SMILES string of the molecule is CC(=O)Nc1ccccc1Cn1c2cc(-c3ccccc3)c[c]c2c2c(C(N)=O)cccc21. The second kappa shape index (κ2) is 8.28. The lowest BCUT2D eigenvalue weighted by atomic mass is 10.0. The van der Waals surface area contributed by atoms with E-state index >= 15 is 0 Å². The second-order valence-corrected chi connectivity index (χ2v) is 8.00. The zero-order valence-electron chi connectivity index (χ0n) is 18.1. The Kier molecular flexibility index (Phi) is 5.15. The van der Waals surface area contributed by atoms with Gasteiger partial charge in [0.05, 0.1) is 17.6 Å². The molecule has 161 valence electrons. The molecular formula is C28H22N3O2. The predicted octanol–water partition coefficient (Wildman–Crippen LogP) is 5.37. The number of nitrogens with one attached hydrogen (secondary N) is 1. The van der Waals surface area contributed by atoms with Gasteiger partial charge in [0.25, 0.3) is 0 Å². The van der Waals surface area contributed by atoms with Gasteiger partial charge in [-0.05, 0) is 53.1 Å². The molecule has 0 atom stereocenters. The molecule has 0 bridgehead atoms. The number of hydrogen-bond acceptors (Lipinski definition) is 2. The van der Waals surface area contributed by atoms with E-state index in [0.29, 0.717) is 12.1 Å². The highest BCUT2D eigenvalue weighted by Gasteiger charge is 2.18. The fourth-order valence-electron chi connectivity index (χ4n) is 4.37. The highest BCUT2D eigenvalue weighted by atomic mass is 16.1. The summed E-state index contributed by atoms with van der Waals surface area (Å²) >= 11 is 0. The minimum atomic E-state index is -0.473. The van der Waals surface area contributed by atoms with Crippen LogP contribution in [0.2, 0.25) is 0 Å². The first-order valence-electron chi connectivity index (χ1n) is 10.7. The summed E-state index contributed by atoms with van der Waals surface area (Å²) < 4.78 is 2.15. The Balaban J connectivity index is 1.78. The van der Waals surface area contributed by atoms with Crippen LogP contribution in [0.25, 0.3) is 32.9 Å². The number of para-hydroxylation sites is 1. The molecule has 0 saturated heterocycles. The molecule has 0 aliphatic carbocycles. The minimum Gasteiger partial charge on any atom is -0.366 e. The number of fused-ring (bicyclic) bond motifs is 3. The van der Waals surface area contributed by atoms with Crippen molar-refractivity contribution in [2.75, 3.05) is 5.32 Å². The van der Waals surface area contributed by atoms with Crippen molar-refractivity contribution >= 4 is 39.3 Å². The van der Waals surface area contributed by atoms with Crippen molar-refractivity contribution in [1.82, 2.24) is 4.57 Å². The molecule has 0 aliphatic heterocycles. The van der Waals surface area contributed by atoms with Gasteiger partial charge in [-0.3, -0.25) is 9.59 Å². The van der Waals surface area contributed by atoms with Crippen molar-refractivity contribution in [3.8, 4) is 11.1 Å². The molecule has 5 nitrogen and oxygen atoms in total. The van der Waals surface area contributed by atoms with Crippen LogP contribution in [0.1, 0.15) is 22.8 Å². The number of nitrogens with two attached hydrogens (primary N) is 1. The standard InChI is InChI=1S/C28H22N3O2/c1-18(32)30-24-12-6-5-10-21(24)17-31-25-13-7-11-23(28(29)33)27(25)22-15-14-20(16-26(22)31)19-8-3-2-4-9-19/h2-14,16H,17H2,1H3,(H2,29,33)(H,30,32). The van der Waals surface area contributed by atoms with Crippen molar-refractivity contribution < 1.29 is 9.59 Å². The van der Waals surface area contributed by atoms with Crippen LogP contribution in [0.3, 0.4) is 0 Å². The number of hydrogen-bond donors (Lipinski definition) is 2. The van der Waals surface area contributed by atoms with E-state index in [1.807, 2.05) is 60.7 Å². The number of nitrogens with zero attached hydrogens (tertiary/aromatic N) is 1. The van der Waals surface area contributed by atoms with Gasteiger partial charge in [-0.1, -0.05) is 54.6 Å². The summed E-state index contributed by atoms with van der Waals surface area (Å²) in [6, 6.07) is 30.9. The van der Waals surface area contributed by atoms with Crippen molar-refractivity contribution in [3.05, 3.63) is 102 Å². The average molecular weight is 433 g/mol. The predicted molar refractivity (Wildman–Crippen MR) is 132 cm³/mol. The lowest BCUT2D eigenvalue weighted by Gasteiger charge is -2.13. The van der Waals surface area contributed by atoms with Crippen LogP contribution in [-0.4, -0.2) is 16.4 Å². The van der Waals surface area contributed by atoms with Crippen LogP contribution in [0.5, 0.6) is 0 Å². The topological polar surface area (TPSA) is 77.1 Å². The Morgan fingerprint density at radius 1 is 0.909 bits per heavy atom. The second-order valence-electron chi connectivity index (χ2n) is 8.00. The van der Waals surface area contributed by atoms with Gasteiger partial charge in [-0.25, -0.2) is 0 Å². The summed E-state index contributed by atoms with van der Waals surface area (Å²) in [5.41, 5.74) is 11.9. The number of rotatable bonds is 5. The summed E-state index contributed by atoms with van der Waals surface area (Å²) in [5.74, 6) is -0.598. The number of aromatic nitrogens is 1. The third kappa shape index (κ3) is 3.74. The molecule has 1 aromatic heterocycles. The molecule has 0 aliphatic rings. The van der Waals surface area contributed by atoms with Gasteiger partial charge in [0.15, 0.2) is 0 Å². The third-order valence-electron chi connectivity index (χ3n) is 5.82. The number of primary amides is 1. The number of benzene rings is 4. The molecule has 5 aromatic rings. The normalized spacial score (nSPS) is 11.1. The van der Waals surface area contributed by atoms with E-state index < -0.39 is 5.91 Å². The van der Waals surface area contributed by atoms with E-state index in [1.165, 1.54) is 6.92 Å². The van der Waals surface area contributed by atoms with Crippen LogP contribution in [0, 0.1) is 6.07 Å². The van der Waals surface area contributed by atoms with Crippen molar-refractivity contribution in [2.24, 2.45) is 5.73 Å². The Labute approximate surface area is 191 Å². The number of carbonyl (C=O) groups excluding carboxylic acids is 2. The monoisotopic (exact) mass is 432 g/mol. The van der Waals surface area contributed by atoms with Crippen LogP contribution >= 0.6 is 0 Å². The summed E-state index contributed by atoms with van der Waals surface area (Å²) in [5, 5.41) is 4.55. The molecule has 4 aromatic carbocycles. The maximum Gasteiger partial charge on any atom is 0.249 e. The first-order chi connectivity index (χ1) is 16.0. The van der Waals surface area contributed by atoms with E-state index in [1.54, 1.807) is 6.07 Å². The third-order valence-corrected chi connectivity index (χ3v) is 5.82. The largest absolute Gasteiger partial charge is 0.366 e. The van der Waals surface area contributed by atoms with Gasteiger partial charge in [0.2, 0.25) is 11.8 Å². The van der Waals surface area contributed by atoms with E-state index in [4.69, 9.17) is 5.73 Å². The fraction of sp³-hybridized carbons (Fsp3) is 0.0714. The Bertz CT molecular complexity index is 1520. The highest BCUT2D eigenvalue weighted by molar-refractivity contribution is 6.18. The van der Waals surface area contributed by atoms with Gasteiger partial charge in [-0.15, -0.1) is 0 Å². The van der Waals surface area contributed by atoms with Crippen LogP contribution in [-0.2, 0) is 11.3 Å². The molecule has 5 rings (SSSR count). The molecular weight excluding hydrogens is 410 g/mol. The summed E-state index contributed by atoms with van der Waals surface area (Å²) in [6.07, 6.45) is 0. The van der Waals surface area contributed by atoms with Crippen molar-refractivity contribution in [2.45, 2.75) is 13.5 Å². The summed E-state index contributed by atoms with van der Waals surface area (Å²) in [7, 11) is 0. The van der Waals surface area contributed by atoms with Gasteiger partial charge < -0.3 is 15.6 Å². The maximum absolute atomic E-state index is 12.2.